The molecule has 0 bridgehead atoms. The van der Waals surface area contributed by atoms with Crippen LogP contribution in [0.5, 0.6) is 0 Å². The fraction of sp³-hybridized carbons (Fsp3) is 0.500. The molecule has 1 aliphatic heterocycles. The number of aliphatic hydroxyl groups excluding tert-OH is 1. The number of carbonyl (C=O) groups is 1. The van der Waals surface area contributed by atoms with Gasteiger partial charge in [-0.25, -0.2) is 0 Å². The van der Waals surface area contributed by atoms with Gasteiger partial charge in [0.2, 0.25) is 0 Å². The van der Waals surface area contributed by atoms with Gasteiger partial charge in [-0.3, -0.25) is 4.79 Å². The van der Waals surface area contributed by atoms with Gasteiger partial charge in [-0.05, 0) is 38.7 Å². The van der Waals surface area contributed by atoms with Crippen molar-refractivity contribution in [2.45, 2.75) is 52.2 Å². The fourth-order valence-corrected chi connectivity index (χ4v) is 2.37. The maximum Gasteiger partial charge on any atom is 0.492 e. The van der Waals surface area contributed by atoms with Crippen LogP contribution in [0, 0.1) is 0 Å². The number of benzene rings is 1. The van der Waals surface area contributed by atoms with Crippen LogP contribution in [0.15, 0.2) is 29.7 Å². The summed E-state index contributed by atoms with van der Waals surface area (Å²) < 4.78 is 11.9. The number of hydrogen-bond acceptors (Lipinski definition) is 4. The molecule has 2 rings (SSSR count). The minimum Gasteiger partial charge on any atom is -0.400 e. The Bertz CT molecular complexity index is 586. The van der Waals surface area contributed by atoms with Gasteiger partial charge in [0, 0.05) is 12.0 Å². The maximum absolute atomic E-state index is 11.7. The predicted octanol–water partition coefficient (Wildman–Crippen LogP) is 3.29. The lowest BCUT2D eigenvalue weighted by molar-refractivity contribution is 0.00578. The van der Waals surface area contributed by atoms with Crippen LogP contribution < -0.4 is 0 Å². The average molecular weight is 316 g/mol. The monoisotopic (exact) mass is 316 g/mol. The van der Waals surface area contributed by atoms with Crippen LogP contribution in [-0.2, 0) is 9.31 Å². The van der Waals surface area contributed by atoms with Gasteiger partial charge in [0.15, 0.2) is 5.78 Å². The van der Waals surface area contributed by atoms with E-state index in [1.54, 1.807) is 12.1 Å². The van der Waals surface area contributed by atoms with Gasteiger partial charge in [0.05, 0.1) is 17.8 Å². The van der Waals surface area contributed by atoms with E-state index in [1.165, 1.54) is 0 Å². The van der Waals surface area contributed by atoms with E-state index in [-0.39, 0.29) is 12.4 Å². The van der Waals surface area contributed by atoms with E-state index in [0.717, 1.165) is 5.56 Å². The molecular formula is C18H25BO4. The molecule has 1 N–H and O–H groups in total. The smallest absolute Gasteiger partial charge is 0.400 e. The standard InChI is InChI=1S/C18H25BO4/c1-6-16(21)14-9-7-13(8-10-14)11-15(12-20)19-22-17(2,3)18(4,5)23-19/h7-11,20H,6,12H2,1-5H3. The Kier molecular flexibility index (Phi) is 5.14. The van der Waals surface area contributed by atoms with Gasteiger partial charge < -0.3 is 14.4 Å². The van der Waals surface area contributed by atoms with Gasteiger partial charge in [-0.15, -0.1) is 0 Å². The van der Waals surface area contributed by atoms with Crippen LogP contribution in [-0.4, -0.2) is 35.8 Å². The lowest BCUT2D eigenvalue weighted by Crippen LogP contribution is -2.41. The van der Waals surface area contributed by atoms with Crippen molar-refractivity contribution in [1.29, 1.82) is 0 Å². The third kappa shape index (κ3) is 3.74. The first-order valence-corrected chi connectivity index (χ1v) is 8.00. The first-order valence-electron chi connectivity index (χ1n) is 8.00. The predicted molar refractivity (Wildman–Crippen MR) is 92.2 cm³/mol. The second kappa shape index (κ2) is 6.60. The first kappa shape index (κ1) is 17.9. The molecule has 0 amide bonds. The van der Waals surface area contributed by atoms with Crippen molar-refractivity contribution >= 4 is 19.0 Å². The molecule has 1 aliphatic rings. The molecule has 0 radical (unpaired) electrons. The van der Waals surface area contributed by atoms with E-state index in [2.05, 4.69) is 0 Å². The number of aliphatic hydroxyl groups is 1. The highest BCUT2D eigenvalue weighted by Gasteiger charge is 2.52. The third-order valence-electron chi connectivity index (χ3n) is 4.64. The summed E-state index contributed by atoms with van der Waals surface area (Å²) in [6, 6.07) is 7.33. The van der Waals surface area contributed by atoms with Gasteiger partial charge in [-0.1, -0.05) is 37.3 Å². The highest BCUT2D eigenvalue weighted by Crippen LogP contribution is 2.38. The Morgan fingerprint density at radius 1 is 1.13 bits per heavy atom. The summed E-state index contributed by atoms with van der Waals surface area (Å²) in [5, 5.41) is 9.69. The topological polar surface area (TPSA) is 55.8 Å². The van der Waals surface area contributed by atoms with E-state index in [1.807, 2.05) is 52.8 Å². The average Bonchev–Trinajstić information content (AvgIpc) is 2.72. The molecule has 1 aromatic carbocycles. The first-order chi connectivity index (χ1) is 10.7. The number of rotatable bonds is 5. The van der Waals surface area contributed by atoms with Crippen LogP contribution in [0.4, 0.5) is 0 Å². The summed E-state index contributed by atoms with van der Waals surface area (Å²) in [5.74, 6) is 0.119. The number of ketones is 1. The van der Waals surface area contributed by atoms with Gasteiger partial charge in [0.25, 0.3) is 0 Å². The Hall–Kier alpha value is -1.43. The summed E-state index contributed by atoms with van der Waals surface area (Å²) >= 11 is 0. The largest absolute Gasteiger partial charge is 0.492 e. The SMILES string of the molecule is CCC(=O)c1ccc(C=C(CO)B2OC(C)(C)C(C)(C)O2)cc1. The second-order valence-corrected chi connectivity index (χ2v) is 6.86. The molecule has 0 aromatic heterocycles. The van der Waals surface area contributed by atoms with Crippen LogP contribution in [0.25, 0.3) is 6.08 Å². The second-order valence-electron chi connectivity index (χ2n) is 6.86. The molecular weight excluding hydrogens is 291 g/mol. The fourth-order valence-electron chi connectivity index (χ4n) is 2.37. The number of carbonyl (C=O) groups excluding carboxylic acids is 1. The van der Waals surface area contributed by atoms with Crippen molar-refractivity contribution in [3.8, 4) is 0 Å². The third-order valence-corrected chi connectivity index (χ3v) is 4.64. The Morgan fingerprint density at radius 2 is 1.65 bits per heavy atom. The van der Waals surface area contributed by atoms with E-state index in [0.29, 0.717) is 17.5 Å². The molecule has 23 heavy (non-hydrogen) atoms. The van der Waals surface area contributed by atoms with E-state index >= 15 is 0 Å². The summed E-state index contributed by atoms with van der Waals surface area (Å²) in [6.07, 6.45) is 2.34. The Labute approximate surface area is 138 Å². The zero-order valence-electron chi connectivity index (χ0n) is 14.6. The molecule has 1 saturated heterocycles. The van der Waals surface area contributed by atoms with Crippen LogP contribution in [0.3, 0.4) is 0 Å². The van der Waals surface area contributed by atoms with E-state index < -0.39 is 18.3 Å². The molecule has 0 spiro atoms. The number of Topliss-reactive ketones (excluding diaryl/α,β-unsaturated/α-hetero) is 1. The van der Waals surface area contributed by atoms with Crippen molar-refractivity contribution < 1.29 is 19.2 Å². The summed E-state index contributed by atoms with van der Waals surface area (Å²) in [5.41, 5.74) is 1.38. The molecule has 1 fully saturated rings. The quantitative estimate of drug-likeness (QED) is 0.669. The maximum atomic E-state index is 11.7. The Morgan fingerprint density at radius 3 is 2.09 bits per heavy atom. The Balaban J connectivity index is 2.21. The molecule has 0 unspecified atom stereocenters. The van der Waals surface area contributed by atoms with Crippen molar-refractivity contribution in [3.63, 3.8) is 0 Å². The molecule has 124 valence electrons. The molecule has 5 heteroatoms. The molecule has 0 atom stereocenters. The highest BCUT2D eigenvalue weighted by molar-refractivity contribution is 6.55. The zero-order chi connectivity index (χ0) is 17.3. The lowest BCUT2D eigenvalue weighted by Gasteiger charge is -2.32. The van der Waals surface area contributed by atoms with Crippen molar-refractivity contribution in [1.82, 2.24) is 0 Å². The van der Waals surface area contributed by atoms with Crippen LogP contribution in [0.2, 0.25) is 0 Å². The molecule has 0 saturated carbocycles. The van der Waals surface area contributed by atoms with Crippen LogP contribution >= 0.6 is 0 Å². The molecule has 0 aliphatic carbocycles. The molecule has 1 aromatic rings. The summed E-state index contributed by atoms with van der Waals surface area (Å²) in [4.78, 5) is 11.7. The minimum absolute atomic E-state index is 0.119. The van der Waals surface area contributed by atoms with Crippen LogP contribution in [0.1, 0.15) is 57.0 Å². The highest BCUT2D eigenvalue weighted by atomic mass is 16.7. The van der Waals surface area contributed by atoms with E-state index in [9.17, 15) is 9.90 Å². The lowest BCUT2D eigenvalue weighted by atomic mass is 9.77. The zero-order valence-corrected chi connectivity index (χ0v) is 14.6. The van der Waals surface area contributed by atoms with Gasteiger partial charge in [0.1, 0.15) is 0 Å². The summed E-state index contributed by atoms with van der Waals surface area (Å²) in [7, 11) is -0.568. The van der Waals surface area contributed by atoms with Crippen molar-refractivity contribution in [2.75, 3.05) is 6.61 Å². The molecule has 4 nitrogen and oxygen atoms in total. The van der Waals surface area contributed by atoms with E-state index in [4.69, 9.17) is 9.31 Å². The van der Waals surface area contributed by atoms with Gasteiger partial charge in [-0.2, -0.15) is 0 Å². The minimum atomic E-state index is -0.568. The molecule has 1 heterocycles. The van der Waals surface area contributed by atoms with Gasteiger partial charge >= 0.3 is 7.12 Å². The normalized spacial score (nSPS) is 19.9. The summed E-state index contributed by atoms with van der Waals surface area (Å²) in [6.45, 7) is 9.62. The van der Waals surface area contributed by atoms with Crippen molar-refractivity contribution in [3.05, 3.63) is 40.9 Å². The number of hydrogen-bond donors (Lipinski definition) is 1. The van der Waals surface area contributed by atoms with Crippen molar-refractivity contribution in [2.24, 2.45) is 0 Å².